The fourth-order valence-electron chi connectivity index (χ4n) is 3.43. The van der Waals surface area contributed by atoms with Gasteiger partial charge in [-0.2, -0.15) is 0 Å². The third-order valence-corrected chi connectivity index (χ3v) is 4.89. The van der Waals surface area contributed by atoms with E-state index in [1.165, 1.54) is 5.56 Å². The van der Waals surface area contributed by atoms with E-state index in [9.17, 15) is 4.79 Å². The van der Waals surface area contributed by atoms with Crippen molar-refractivity contribution < 1.29 is 9.53 Å². The van der Waals surface area contributed by atoms with Crippen LogP contribution >= 0.6 is 0 Å². The van der Waals surface area contributed by atoms with Gasteiger partial charge in [-0.3, -0.25) is 4.79 Å². The minimum Gasteiger partial charge on any atom is -0.381 e. The van der Waals surface area contributed by atoms with E-state index in [4.69, 9.17) is 4.74 Å². The quantitative estimate of drug-likeness (QED) is 0.741. The smallest absolute Gasteiger partial charge is 0.251 e. The lowest BCUT2D eigenvalue weighted by molar-refractivity contribution is 0.0804. The molecule has 1 aliphatic rings. The van der Waals surface area contributed by atoms with Crippen molar-refractivity contribution in [2.24, 2.45) is 0 Å². The third kappa shape index (κ3) is 3.78. The summed E-state index contributed by atoms with van der Waals surface area (Å²) in [5.41, 5.74) is 3.92. The second-order valence-electron chi connectivity index (χ2n) is 6.74. The number of carbonyl (C=O) groups excluding carboxylic acids is 1. The zero-order valence-corrected chi connectivity index (χ0v) is 14.7. The van der Waals surface area contributed by atoms with Crippen molar-refractivity contribution in [1.29, 1.82) is 0 Å². The molecule has 5 nitrogen and oxygen atoms in total. The lowest BCUT2D eigenvalue weighted by Crippen LogP contribution is -2.26. The van der Waals surface area contributed by atoms with Crippen molar-refractivity contribution in [2.75, 3.05) is 19.8 Å². The predicted octanol–water partition coefficient (Wildman–Crippen LogP) is 3.43. The Morgan fingerprint density at radius 3 is 2.81 bits per heavy atom. The zero-order chi connectivity index (χ0) is 17.8. The van der Waals surface area contributed by atoms with Crippen molar-refractivity contribution in [3.63, 3.8) is 0 Å². The van der Waals surface area contributed by atoms with E-state index < -0.39 is 0 Å². The van der Waals surface area contributed by atoms with Gasteiger partial charge in [0.15, 0.2) is 0 Å². The van der Waals surface area contributed by atoms with Crippen LogP contribution in [0.25, 0.3) is 11.0 Å². The Kier molecular flexibility index (Phi) is 4.97. The molecular formula is C21H23N3O2. The number of ether oxygens (including phenoxy) is 1. The van der Waals surface area contributed by atoms with Gasteiger partial charge in [-0.15, -0.1) is 0 Å². The van der Waals surface area contributed by atoms with Crippen LogP contribution in [0, 0.1) is 0 Å². The lowest BCUT2D eigenvalue weighted by atomic mass is 9.93. The molecule has 0 spiro atoms. The molecule has 26 heavy (non-hydrogen) atoms. The molecule has 1 fully saturated rings. The maximum Gasteiger partial charge on any atom is 0.251 e. The Morgan fingerprint density at radius 1 is 1.19 bits per heavy atom. The largest absolute Gasteiger partial charge is 0.381 e. The number of hydrogen-bond acceptors (Lipinski definition) is 3. The summed E-state index contributed by atoms with van der Waals surface area (Å²) in [6.45, 7) is 2.20. The summed E-state index contributed by atoms with van der Waals surface area (Å²) in [5, 5.41) is 2.97. The topological polar surface area (TPSA) is 67.0 Å². The maximum absolute atomic E-state index is 12.3. The molecule has 134 valence electrons. The first-order chi connectivity index (χ1) is 12.8. The summed E-state index contributed by atoms with van der Waals surface area (Å²) < 4.78 is 5.54. The van der Waals surface area contributed by atoms with Crippen molar-refractivity contribution in [3.05, 3.63) is 65.5 Å². The fraction of sp³-hybridized carbons (Fsp3) is 0.333. The van der Waals surface area contributed by atoms with Crippen molar-refractivity contribution in [3.8, 4) is 0 Å². The standard InChI is InChI=1S/C21H23N3O2/c25-21(16-9-7-15(8-10-16)17-4-3-13-26-14-17)22-12-11-20-23-18-5-1-2-6-19(18)24-20/h1-2,5-10,17H,3-4,11-14H2,(H,22,25)(H,23,24). The molecule has 3 aromatic rings. The minimum atomic E-state index is -0.0486. The normalized spacial score (nSPS) is 17.3. The molecule has 1 saturated heterocycles. The lowest BCUT2D eigenvalue weighted by Gasteiger charge is -2.22. The van der Waals surface area contributed by atoms with Gasteiger partial charge >= 0.3 is 0 Å². The highest BCUT2D eigenvalue weighted by Gasteiger charge is 2.16. The van der Waals surface area contributed by atoms with Crippen LogP contribution in [-0.4, -0.2) is 35.6 Å². The Hall–Kier alpha value is -2.66. The maximum atomic E-state index is 12.3. The van der Waals surface area contributed by atoms with Crippen molar-refractivity contribution >= 4 is 16.9 Å². The molecule has 5 heteroatoms. The van der Waals surface area contributed by atoms with E-state index in [2.05, 4.69) is 15.3 Å². The van der Waals surface area contributed by atoms with Crippen LogP contribution in [0.2, 0.25) is 0 Å². The van der Waals surface area contributed by atoms with E-state index in [-0.39, 0.29) is 5.91 Å². The zero-order valence-electron chi connectivity index (χ0n) is 14.7. The Morgan fingerprint density at radius 2 is 2.04 bits per heavy atom. The average Bonchev–Trinajstić information content (AvgIpc) is 3.11. The molecule has 1 unspecified atom stereocenters. The number of fused-ring (bicyclic) bond motifs is 1. The highest BCUT2D eigenvalue weighted by atomic mass is 16.5. The number of hydrogen-bond donors (Lipinski definition) is 2. The first-order valence-electron chi connectivity index (χ1n) is 9.19. The second-order valence-corrected chi connectivity index (χ2v) is 6.74. The molecule has 2 N–H and O–H groups in total. The van der Waals surface area contributed by atoms with Gasteiger partial charge < -0.3 is 15.0 Å². The number of rotatable bonds is 5. The number of benzene rings is 2. The van der Waals surface area contributed by atoms with Gasteiger partial charge in [-0.25, -0.2) is 4.98 Å². The Labute approximate surface area is 152 Å². The Balaban J connectivity index is 1.31. The molecule has 0 radical (unpaired) electrons. The number of aromatic nitrogens is 2. The summed E-state index contributed by atoms with van der Waals surface area (Å²) in [7, 11) is 0. The van der Waals surface area contributed by atoms with Gasteiger partial charge in [-0.05, 0) is 42.7 Å². The van der Waals surface area contributed by atoms with Gasteiger partial charge in [0.25, 0.3) is 5.91 Å². The van der Waals surface area contributed by atoms with Crippen LogP contribution in [0.3, 0.4) is 0 Å². The van der Waals surface area contributed by atoms with E-state index in [0.29, 0.717) is 24.4 Å². The van der Waals surface area contributed by atoms with Crippen LogP contribution in [0.1, 0.15) is 40.5 Å². The van der Waals surface area contributed by atoms with Gasteiger partial charge in [-0.1, -0.05) is 24.3 Å². The van der Waals surface area contributed by atoms with E-state index in [1.807, 2.05) is 48.5 Å². The van der Waals surface area contributed by atoms with Gasteiger partial charge in [0.05, 0.1) is 17.6 Å². The second kappa shape index (κ2) is 7.70. The van der Waals surface area contributed by atoms with Crippen molar-refractivity contribution in [1.82, 2.24) is 15.3 Å². The number of amides is 1. The summed E-state index contributed by atoms with van der Waals surface area (Å²) in [6.07, 6.45) is 2.94. The number of nitrogens with zero attached hydrogens (tertiary/aromatic N) is 1. The number of nitrogens with one attached hydrogen (secondary N) is 2. The average molecular weight is 349 g/mol. The van der Waals surface area contributed by atoms with Gasteiger partial charge in [0.1, 0.15) is 5.82 Å². The minimum absolute atomic E-state index is 0.0486. The molecule has 0 aliphatic carbocycles. The molecule has 0 bridgehead atoms. The number of imidazole rings is 1. The highest BCUT2D eigenvalue weighted by Crippen LogP contribution is 2.25. The monoisotopic (exact) mass is 349 g/mol. The molecule has 1 aromatic heterocycles. The molecule has 2 heterocycles. The van der Waals surface area contributed by atoms with Gasteiger partial charge in [0, 0.05) is 31.1 Å². The van der Waals surface area contributed by atoms with Crippen LogP contribution in [0.4, 0.5) is 0 Å². The van der Waals surface area contributed by atoms with Crippen LogP contribution < -0.4 is 5.32 Å². The number of carbonyl (C=O) groups is 1. The van der Waals surface area contributed by atoms with E-state index in [0.717, 1.165) is 42.9 Å². The molecule has 2 aromatic carbocycles. The Bertz CT molecular complexity index is 847. The fourth-order valence-corrected chi connectivity index (χ4v) is 3.43. The van der Waals surface area contributed by atoms with Crippen molar-refractivity contribution in [2.45, 2.75) is 25.2 Å². The van der Waals surface area contributed by atoms with Crippen LogP contribution in [0.15, 0.2) is 48.5 Å². The molecule has 1 aliphatic heterocycles. The number of para-hydroxylation sites is 2. The van der Waals surface area contributed by atoms with E-state index in [1.54, 1.807) is 0 Å². The van der Waals surface area contributed by atoms with Crippen LogP contribution in [0.5, 0.6) is 0 Å². The SMILES string of the molecule is O=C(NCCc1nc2ccccc2[nH]1)c1ccc(C2CCCOC2)cc1. The summed E-state index contributed by atoms with van der Waals surface area (Å²) in [4.78, 5) is 20.1. The molecule has 1 atom stereocenters. The van der Waals surface area contributed by atoms with Gasteiger partial charge in [0.2, 0.25) is 0 Å². The molecule has 1 amide bonds. The van der Waals surface area contributed by atoms with E-state index >= 15 is 0 Å². The molecule has 0 saturated carbocycles. The third-order valence-electron chi connectivity index (χ3n) is 4.89. The molecule has 4 rings (SSSR count). The highest BCUT2D eigenvalue weighted by molar-refractivity contribution is 5.94. The number of H-pyrrole nitrogens is 1. The van der Waals surface area contributed by atoms with Crippen LogP contribution in [-0.2, 0) is 11.2 Å². The first-order valence-corrected chi connectivity index (χ1v) is 9.19. The molecular weight excluding hydrogens is 326 g/mol. The number of aromatic amines is 1. The predicted molar refractivity (Wildman–Crippen MR) is 101 cm³/mol. The first kappa shape index (κ1) is 16.8. The summed E-state index contributed by atoms with van der Waals surface area (Å²) >= 11 is 0. The summed E-state index contributed by atoms with van der Waals surface area (Å²) in [6, 6.07) is 15.8. The summed E-state index contributed by atoms with van der Waals surface area (Å²) in [5.74, 6) is 1.29.